The van der Waals surface area contributed by atoms with Crippen LogP contribution in [0.5, 0.6) is 0 Å². The van der Waals surface area contributed by atoms with Gasteiger partial charge in [0.25, 0.3) is 0 Å². The van der Waals surface area contributed by atoms with Crippen molar-refractivity contribution in [3.05, 3.63) is 21.5 Å². The Morgan fingerprint density at radius 2 is 2.00 bits per heavy atom. The molecule has 1 saturated heterocycles. The number of likely N-dealkylation sites (tertiary alicyclic amines) is 1. The minimum atomic E-state index is -0.420. The van der Waals surface area contributed by atoms with Crippen molar-refractivity contribution in [1.29, 1.82) is 0 Å². The molecule has 1 aliphatic rings. The van der Waals surface area contributed by atoms with Gasteiger partial charge in [-0.05, 0) is 26.7 Å². The number of rotatable bonds is 4. The van der Waals surface area contributed by atoms with Crippen molar-refractivity contribution in [2.24, 2.45) is 0 Å². The van der Waals surface area contributed by atoms with Crippen LogP contribution in [0.4, 0.5) is 5.69 Å². The maximum absolute atomic E-state index is 11.9. The van der Waals surface area contributed by atoms with Gasteiger partial charge in [0.1, 0.15) is 11.4 Å². The van der Waals surface area contributed by atoms with Crippen molar-refractivity contribution in [3.8, 4) is 0 Å². The second kappa shape index (κ2) is 5.38. The van der Waals surface area contributed by atoms with E-state index in [4.69, 9.17) is 0 Å². The van der Waals surface area contributed by atoms with Gasteiger partial charge in [-0.15, -0.1) is 0 Å². The molecule has 0 aliphatic carbocycles. The highest BCUT2D eigenvalue weighted by atomic mass is 16.6. The van der Waals surface area contributed by atoms with Crippen molar-refractivity contribution in [2.75, 3.05) is 13.1 Å². The number of carbonyl (C=O) groups is 1. The molecular weight excluding hydrogens is 248 g/mol. The van der Waals surface area contributed by atoms with E-state index in [1.165, 1.54) is 0 Å². The minimum absolute atomic E-state index is 0.0496. The maximum atomic E-state index is 11.9. The van der Waals surface area contributed by atoms with Crippen LogP contribution >= 0.6 is 0 Å². The first-order valence-corrected chi connectivity index (χ1v) is 6.47. The summed E-state index contributed by atoms with van der Waals surface area (Å²) in [4.78, 5) is 24.2. The van der Waals surface area contributed by atoms with Crippen LogP contribution in [0.3, 0.4) is 0 Å². The number of nitrogens with zero attached hydrogens (tertiary/aromatic N) is 4. The number of hydrogen-bond acceptors (Lipinski definition) is 4. The van der Waals surface area contributed by atoms with E-state index in [2.05, 4.69) is 5.10 Å². The fourth-order valence-electron chi connectivity index (χ4n) is 2.50. The fraction of sp³-hybridized carbons (Fsp3) is 0.667. The average Bonchev–Trinajstić information content (AvgIpc) is 2.94. The Bertz CT molecular complexity index is 503. The van der Waals surface area contributed by atoms with Gasteiger partial charge in [-0.25, -0.2) is 0 Å². The summed E-state index contributed by atoms with van der Waals surface area (Å²) in [6.07, 6.45) is 2.48. The highest BCUT2D eigenvalue weighted by Crippen LogP contribution is 2.22. The molecule has 7 nitrogen and oxygen atoms in total. The summed E-state index contributed by atoms with van der Waals surface area (Å²) < 4.78 is 1.56. The van der Waals surface area contributed by atoms with Gasteiger partial charge >= 0.3 is 5.69 Å². The van der Waals surface area contributed by atoms with Crippen LogP contribution in [0.25, 0.3) is 0 Å². The van der Waals surface area contributed by atoms with E-state index in [-0.39, 0.29) is 11.6 Å². The standard InChI is InChI=1S/C12H18N4O3/c1-9-12(16(18)19)10(2)15(13-9)8-5-11(17)14-6-3-4-7-14/h3-8H2,1-2H3. The third kappa shape index (κ3) is 2.74. The smallest absolute Gasteiger partial charge is 0.312 e. The number of hydrogen-bond donors (Lipinski definition) is 0. The molecule has 19 heavy (non-hydrogen) atoms. The molecular formula is C12H18N4O3. The predicted molar refractivity (Wildman–Crippen MR) is 68.8 cm³/mol. The molecule has 0 saturated carbocycles. The second-order valence-electron chi connectivity index (χ2n) is 4.84. The van der Waals surface area contributed by atoms with Crippen LogP contribution in [0.1, 0.15) is 30.7 Å². The molecule has 0 N–H and O–H groups in total. The van der Waals surface area contributed by atoms with E-state index in [0.717, 1.165) is 25.9 Å². The summed E-state index contributed by atoms with van der Waals surface area (Å²) in [5, 5.41) is 15.0. The van der Waals surface area contributed by atoms with E-state index in [9.17, 15) is 14.9 Å². The first-order valence-electron chi connectivity index (χ1n) is 6.47. The summed E-state index contributed by atoms with van der Waals surface area (Å²) in [5.74, 6) is 0.104. The molecule has 1 fully saturated rings. The molecule has 0 spiro atoms. The number of aromatic nitrogens is 2. The van der Waals surface area contributed by atoms with Gasteiger partial charge in [0, 0.05) is 19.5 Å². The minimum Gasteiger partial charge on any atom is -0.343 e. The summed E-state index contributed by atoms with van der Waals surface area (Å²) in [6, 6.07) is 0. The van der Waals surface area contributed by atoms with Gasteiger partial charge in [-0.3, -0.25) is 19.6 Å². The highest BCUT2D eigenvalue weighted by molar-refractivity contribution is 5.76. The third-order valence-electron chi connectivity index (χ3n) is 3.52. The van der Waals surface area contributed by atoms with Crippen LogP contribution in [-0.4, -0.2) is 38.6 Å². The van der Waals surface area contributed by atoms with E-state index in [1.54, 1.807) is 18.5 Å². The van der Waals surface area contributed by atoms with Gasteiger partial charge in [0.05, 0.1) is 11.5 Å². The Balaban J connectivity index is 2.01. The number of aryl methyl sites for hydroxylation is 2. The number of nitro groups is 1. The molecule has 0 aromatic carbocycles. The van der Waals surface area contributed by atoms with Gasteiger partial charge in [0.15, 0.2) is 0 Å². The molecule has 7 heteroatoms. The SMILES string of the molecule is Cc1nn(CCC(=O)N2CCCC2)c(C)c1[N+](=O)[O-]. The number of amides is 1. The molecule has 1 amide bonds. The van der Waals surface area contributed by atoms with E-state index >= 15 is 0 Å². The molecule has 1 aromatic heterocycles. The zero-order chi connectivity index (χ0) is 14.0. The predicted octanol–water partition coefficient (Wildman–Crippen LogP) is 1.42. The van der Waals surface area contributed by atoms with Gasteiger partial charge in [-0.2, -0.15) is 5.10 Å². The third-order valence-corrected chi connectivity index (χ3v) is 3.52. The average molecular weight is 266 g/mol. The Hall–Kier alpha value is -1.92. The fourth-order valence-corrected chi connectivity index (χ4v) is 2.50. The number of carbonyl (C=O) groups excluding carboxylic acids is 1. The summed E-state index contributed by atoms with van der Waals surface area (Å²) in [7, 11) is 0. The Morgan fingerprint density at radius 1 is 1.37 bits per heavy atom. The van der Waals surface area contributed by atoms with Crippen molar-refractivity contribution in [2.45, 2.75) is 39.7 Å². The van der Waals surface area contributed by atoms with Gasteiger partial charge in [-0.1, -0.05) is 0 Å². The van der Waals surface area contributed by atoms with Crippen molar-refractivity contribution < 1.29 is 9.72 Å². The van der Waals surface area contributed by atoms with Gasteiger partial charge in [0.2, 0.25) is 5.91 Å². The Morgan fingerprint density at radius 3 is 2.53 bits per heavy atom. The molecule has 104 valence electrons. The van der Waals surface area contributed by atoms with Crippen molar-refractivity contribution in [3.63, 3.8) is 0 Å². The van der Waals surface area contributed by atoms with E-state index in [1.807, 2.05) is 4.90 Å². The van der Waals surface area contributed by atoms with Crippen LogP contribution in [0.2, 0.25) is 0 Å². The Kier molecular flexibility index (Phi) is 3.82. The molecule has 2 rings (SSSR count). The van der Waals surface area contributed by atoms with Crippen LogP contribution in [0.15, 0.2) is 0 Å². The van der Waals surface area contributed by atoms with E-state index < -0.39 is 4.92 Å². The summed E-state index contributed by atoms with van der Waals surface area (Å²) in [6.45, 7) is 5.34. The van der Waals surface area contributed by atoms with E-state index in [0.29, 0.717) is 24.4 Å². The molecule has 0 atom stereocenters. The zero-order valence-corrected chi connectivity index (χ0v) is 11.3. The first kappa shape index (κ1) is 13.5. The molecule has 0 unspecified atom stereocenters. The molecule has 1 aromatic rings. The lowest BCUT2D eigenvalue weighted by molar-refractivity contribution is -0.386. The molecule has 0 bridgehead atoms. The lowest BCUT2D eigenvalue weighted by Crippen LogP contribution is -2.28. The summed E-state index contributed by atoms with van der Waals surface area (Å²) in [5.41, 5.74) is 0.960. The quantitative estimate of drug-likeness (QED) is 0.609. The largest absolute Gasteiger partial charge is 0.343 e. The zero-order valence-electron chi connectivity index (χ0n) is 11.3. The lowest BCUT2D eigenvalue weighted by Gasteiger charge is -2.15. The van der Waals surface area contributed by atoms with Crippen molar-refractivity contribution >= 4 is 11.6 Å². The van der Waals surface area contributed by atoms with Crippen LogP contribution < -0.4 is 0 Å². The normalized spacial score (nSPS) is 14.9. The van der Waals surface area contributed by atoms with Crippen LogP contribution in [0, 0.1) is 24.0 Å². The first-order chi connectivity index (χ1) is 9.00. The molecule has 2 heterocycles. The molecule has 0 radical (unpaired) electrons. The second-order valence-corrected chi connectivity index (χ2v) is 4.84. The molecule has 1 aliphatic heterocycles. The highest BCUT2D eigenvalue weighted by Gasteiger charge is 2.23. The van der Waals surface area contributed by atoms with Gasteiger partial charge < -0.3 is 4.90 Å². The monoisotopic (exact) mass is 266 g/mol. The maximum Gasteiger partial charge on any atom is 0.312 e. The lowest BCUT2D eigenvalue weighted by atomic mass is 10.3. The van der Waals surface area contributed by atoms with Crippen molar-refractivity contribution in [1.82, 2.24) is 14.7 Å². The Labute approximate surface area is 111 Å². The summed E-state index contributed by atoms with van der Waals surface area (Å²) >= 11 is 0. The van der Waals surface area contributed by atoms with Crippen LogP contribution in [-0.2, 0) is 11.3 Å². The topological polar surface area (TPSA) is 81.3 Å².